The maximum atomic E-state index is 4.39. The lowest BCUT2D eigenvalue weighted by atomic mass is 11.3. The van der Waals surface area contributed by atoms with E-state index < -0.39 is 0 Å². The zero-order valence-electron chi connectivity index (χ0n) is 3.24. The highest BCUT2D eigenvalue weighted by Crippen LogP contribution is 2.10. The summed E-state index contributed by atoms with van der Waals surface area (Å²) in [5.41, 5.74) is 0. The van der Waals surface area contributed by atoms with E-state index >= 15 is 0 Å². The Morgan fingerprint density at radius 2 is 2.71 bits per heavy atom. The molecule has 0 aromatic carbocycles. The molecule has 38 valence electrons. The topological polar surface area (TPSA) is 35.0 Å². The zero-order chi connectivity index (χ0) is 5.11. The molecule has 1 rings (SSSR count). The highest BCUT2D eigenvalue weighted by atomic mass is 32.1. The zero-order valence-corrected chi connectivity index (χ0v) is 4.95. The molecule has 0 fully saturated rings. The summed E-state index contributed by atoms with van der Waals surface area (Å²) >= 11 is 4.65. The Kier molecular flexibility index (Phi) is 1.48. The summed E-state index contributed by atoms with van der Waals surface area (Å²) < 4.78 is 8.04. The lowest BCUT2D eigenvalue weighted by molar-refractivity contribution is 0.651. The molecule has 1 aromatic heterocycles. The van der Waals surface area contributed by atoms with Crippen molar-refractivity contribution >= 4 is 24.4 Å². The molecule has 0 amide bonds. The van der Waals surface area contributed by atoms with E-state index in [-0.39, 0.29) is 0 Å². The fraction of sp³-hybridized carbons (Fsp3) is 0. The summed E-state index contributed by atoms with van der Waals surface area (Å²) in [7, 11) is 0. The maximum Gasteiger partial charge on any atom is 0.305 e. The van der Waals surface area contributed by atoms with Crippen LogP contribution in [0.25, 0.3) is 0 Å². The second-order valence-electron chi connectivity index (χ2n) is 0.798. The Morgan fingerprint density at radius 1 is 1.86 bits per heavy atom. The van der Waals surface area contributed by atoms with Gasteiger partial charge in [0.2, 0.25) is 0 Å². The number of rotatable bonds is 1. The van der Waals surface area contributed by atoms with Gasteiger partial charge in [0.25, 0.3) is 0 Å². The first-order chi connectivity index (χ1) is 3.43. The van der Waals surface area contributed by atoms with Crippen molar-refractivity contribution in [3.63, 3.8) is 0 Å². The molecule has 5 heteroatoms. The SMILES string of the molecule is SOc1ncns1. The smallest absolute Gasteiger partial charge is 0.305 e. The Labute approximate surface area is 50.1 Å². The van der Waals surface area contributed by atoms with Gasteiger partial charge < -0.3 is 4.18 Å². The normalized spacial score (nSPS) is 8.71. The van der Waals surface area contributed by atoms with Crippen LogP contribution < -0.4 is 4.18 Å². The van der Waals surface area contributed by atoms with Crippen LogP contribution in [0.4, 0.5) is 0 Å². The predicted molar refractivity (Wildman–Crippen MR) is 29.5 cm³/mol. The molecule has 0 aliphatic rings. The number of aromatic nitrogens is 2. The monoisotopic (exact) mass is 134 g/mol. The molecule has 0 radical (unpaired) electrons. The van der Waals surface area contributed by atoms with Crippen LogP contribution in [-0.4, -0.2) is 9.36 Å². The van der Waals surface area contributed by atoms with Crippen LogP contribution in [0.5, 0.6) is 5.19 Å². The van der Waals surface area contributed by atoms with E-state index in [4.69, 9.17) is 0 Å². The van der Waals surface area contributed by atoms with Gasteiger partial charge in [-0.15, -0.1) is 0 Å². The van der Waals surface area contributed by atoms with Crippen molar-refractivity contribution < 1.29 is 4.18 Å². The second-order valence-corrected chi connectivity index (χ2v) is 1.72. The number of hydrogen-bond acceptors (Lipinski definition) is 5. The number of nitrogens with zero attached hydrogens (tertiary/aromatic N) is 2. The van der Waals surface area contributed by atoms with Crippen molar-refractivity contribution in [2.45, 2.75) is 0 Å². The molecule has 0 saturated heterocycles. The standard InChI is InChI=1S/C2H2N2OS2/c6-5-2-3-1-4-7-2/h1,6H. The minimum Gasteiger partial charge on any atom is -0.398 e. The van der Waals surface area contributed by atoms with Gasteiger partial charge in [0, 0.05) is 24.4 Å². The predicted octanol–water partition coefficient (Wildman–Crippen LogP) is 0.762. The molecule has 0 aliphatic heterocycles. The van der Waals surface area contributed by atoms with Crippen LogP contribution in [0.1, 0.15) is 0 Å². The summed E-state index contributed by atoms with van der Waals surface area (Å²) in [6.07, 6.45) is 1.41. The van der Waals surface area contributed by atoms with E-state index in [0.29, 0.717) is 5.19 Å². The van der Waals surface area contributed by atoms with E-state index in [1.165, 1.54) is 6.33 Å². The van der Waals surface area contributed by atoms with E-state index in [9.17, 15) is 0 Å². The van der Waals surface area contributed by atoms with Crippen LogP contribution in [0.3, 0.4) is 0 Å². The molecule has 0 aliphatic carbocycles. The molecule has 7 heavy (non-hydrogen) atoms. The first-order valence-electron chi connectivity index (χ1n) is 1.51. The van der Waals surface area contributed by atoms with Crippen LogP contribution in [0, 0.1) is 0 Å². The van der Waals surface area contributed by atoms with Gasteiger partial charge in [0.05, 0.1) is 0 Å². The summed E-state index contributed by atoms with van der Waals surface area (Å²) in [4.78, 5) is 3.64. The fourth-order valence-electron chi connectivity index (χ4n) is 0.203. The molecule has 1 aromatic rings. The van der Waals surface area contributed by atoms with Crippen LogP contribution in [0.2, 0.25) is 0 Å². The first-order valence-corrected chi connectivity index (χ1v) is 2.65. The lowest BCUT2D eigenvalue weighted by Crippen LogP contribution is -1.66. The molecule has 0 N–H and O–H groups in total. The average molecular weight is 134 g/mol. The summed E-state index contributed by atoms with van der Waals surface area (Å²) in [6, 6.07) is 0. The van der Waals surface area contributed by atoms with Gasteiger partial charge in [-0.05, 0) is 0 Å². The molecule has 1 heterocycles. The summed E-state index contributed by atoms with van der Waals surface area (Å²) in [5, 5.41) is 0.475. The van der Waals surface area contributed by atoms with Crippen molar-refractivity contribution in [3.05, 3.63) is 6.33 Å². The largest absolute Gasteiger partial charge is 0.398 e. The van der Waals surface area contributed by atoms with E-state index in [2.05, 4.69) is 26.5 Å². The van der Waals surface area contributed by atoms with E-state index in [1.54, 1.807) is 0 Å². The summed E-state index contributed by atoms with van der Waals surface area (Å²) in [5.74, 6) is 0. The van der Waals surface area contributed by atoms with Gasteiger partial charge >= 0.3 is 5.19 Å². The Morgan fingerprint density at radius 3 is 3.00 bits per heavy atom. The molecule has 0 spiro atoms. The fourth-order valence-corrected chi connectivity index (χ4v) is 0.662. The van der Waals surface area contributed by atoms with Gasteiger partial charge in [-0.2, -0.15) is 9.36 Å². The molecule has 0 saturated carbocycles. The summed E-state index contributed by atoms with van der Waals surface area (Å²) in [6.45, 7) is 0. The quantitative estimate of drug-likeness (QED) is 0.455. The van der Waals surface area contributed by atoms with Gasteiger partial charge in [-0.25, -0.2) is 0 Å². The van der Waals surface area contributed by atoms with Crippen molar-refractivity contribution in [1.82, 2.24) is 9.36 Å². The molecule has 0 atom stereocenters. The third-order valence-electron chi connectivity index (χ3n) is 0.419. The Hall–Kier alpha value is -0.290. The molecular weight excluding hydrogens is 132 g/mol. The lowest BCUT2D eigenvalue weighted by Gasteiger charge is -1.79. The van der Waals surface area contributed by atoms with E-state index in [1.807, 2.05) is 0 Å². The molecule has 3 nitrogen and oxygen atoms in total. The van der Waals surface area contributed by atoms with Crippen molar-refractivity contribution in [2.24, 2.45) is 0 Å². The van der Waals surface area contributed by atoms with Crippen molar-refractivity contribution in [2.75, 3.05) is 0 Å². The third kappa shape index (κ3) is 1.04. The number of thiol groups is 1. The number of hydrogen-bond donors (Lipinski definition) is 1. The van der Waals surface area contributed by atoms with Crippen molar-refractivity contribution in [1.29, 1.82) is 0 Å². The van der Waals surface area contributed by atoms with Gasteiger partial charge in [-0.1, -0.05) is 0 Å². The molecule has 0 unspecified atom stereocenters. The van der Waals surface area contributed by atoms with Gasteiger partial charge in [0.1, 0.15) is 6.33 Å². The van der Waals surface area contributed by atoms with E-state index in [0.717, 1.165) is 11.5 Å². The second kappa shape index (κ2) is 2.13. The molecule has 0 bridgehead atoms. The van der Waals surface area contributed by atoms with Crippen LogP contribution >= 0.6 is 24.4 Å². The Bertz CT molecular complexity index is 128. The van der Waals surface area contributed by atoms with Crippen molar-refractivity contribution in [3.8, 4) is 5.19 Å². The van der Waals surface area contributed by atoms with Crippen LogP contribution in [0.15, 0.2) is 6.33 Å². The minimum atomic E-state index is 0.475. The Balaban J connectivity index is 2.76. The highest BCUT2D eigenvalue weighted by Gasteiger charge is 1.88. The third-order valence-corrected chi connectivity index (χ3v) is 1.26. The minimum absolute atomic E-state index is 0.475. The molecular formula is C2H2N2OS2. The van der Waals surface area contributed by atoms with Crippen LogP contribution in [-0.2, 0) is 0 Å². The first kappa shape index (κ1) is 4.86. The average Bonchev–Trinajstić information content (AvgIpc) is 2.14. The maximum absolute atomic E-state index is 4.39. The van der Waals surface area contributed by atoms with Gasteiger partial charge in [-0.3, -0.25) is 0 Å². The highest BCUT2D eigenvalue weighted by molar-refractivity contribution is 7.75. The van der Waals surface area contributed by atoms with Gasteiger partial charge in [0.15, 0.2) is 0 Å².